The molecule has 0 amide bonds. The third-order valence-corrected chi connectivity index (χ3v) is 7.58. The number of halogens is 1. The standard InChI is InChI=1S/C26H28FN5O2S.C2H2O4.C2H5/c27-20-7-5-19(6-8-20)16-32-23-4-2-1-3-21(23)29-24(32)15-18-9-12-31(13-10-18)14-11-28-26-30-22(17-35-26)25(33)34;3-1(4)2(5)6;1-2/h1-8,17-18H,9-16H2,(H,28,30)(H,33,34);(H,3,4)(H,5,6);1H2,2H3. The highest BCUT2D eigenvalue weighted by atomic mass is 32.1. The Bertz CT molecular complexity index is 1490. The van der Waals surface area contributed by atoms with E-state index in [0.29, 0.717) is 17.6 Å². The highest BCUT2D eigenvalue weighted by Crippen LogP contribution is 2.25. The molecule has 0 saturated carbocycles. The van der Waals surface area contributed by atoms with Crippen molar-refractivity contribution in [1.82, 2.24) is 19.4 Å². The van der Waals surface area contributed by atoms with Crippen molar-refractivity contribution in [3.63, 3.8) is 0 Å². The number of benzene rings is 2. The number of piperidine rings is 1. The van der Waals surface area contributed by atoms with Crippen LogP contribution in [-0.2, 0) is 22.6 Å². The molecule has 4 N–H and O–H groups in total. The number of aromatic carboxylic acids is 1. The van der Waals surface area contributed by atoms with Crippen LogP contribution in [0.25, 0.3) is 11.0 Å². The molecule has 4 aromatic rings. The van der Waals surface area contributed by atoms with Crippen molar-refractivity contribution in [2.24, 2.45) is 5.92 Å². The molecule has 229 valence electrons. The predicted molar refractivity (Wildman–Crippen MR) is 162 cm³/mol. The summed E-state index contributed by atoms with van der Waals surface area (Å²) in [5.74, 6) is -3.20. The van der Waals surface area contributed by atoms with E-state index in [4.69, 9.17) is 29.9 Å². The van der Waals surface area contributed by atoms with E-state index in [0.717, 1.165) is 67.9 Å². The van der Waals surface area contributed by atoms with Crippen LogP contribution in [0, 0.1) is 18.7 Å². The Morgan fingerprint density at radius 1 is 1.00 bits per heavy atom. The zero-order valence-electron chi connectivity index (χ0n) is 23.8. The first-order chi connectivity index (χ1) is 20.7. The molecule has 1 fully saturated rings. The zero-order valence-corrected chi connectivity index (χ0v) is 24.6. The van der Waals surface area contributed by atoms with E-state index in [-0.39, 0.29) is 11.5 Å². The summed E-state index contributed by atoms with van der Waals surface area (Å²) in [7, 11) is 0. The van der Waals surface area contributed by atoms with E-state index < -0.39 is 17.9 Å². The minimum absolute atomic E-state index is 0.0868. The van der Waals surface area contributed by atoms with Crippen LogP contribution < -0.4 is 5.32 Å². The second-order valence-corrected chi connectivity index (χ2v) is 10.5. The lowest BCUT2D eigenvalue weighted by Gasteiger charge is -2.31. The van der Waals surface area contributed by atoms with Gasteiger partial charge in [0.25, 0.3) is 0 Å². The number of aromatic nitrogens is 3. The van der Waals surface area contributed by atoms with Crippen LogP contribution in [0.15, 0.2) is 53.9 Å². The van der Waals surface area contributed by atoms with Gasteiger partial charge in [0, 0.05) is 31.4 Å². The van der Waals surface area contributed by atoms with E-state index in [9.17, 15) is 9.18 Å². The fraction of sp³-hybridized carbons (Fsp3) is 0.333. The lowest BCUT2D eigenvalue weighted by Crippen LogP contribution is -2.37. The fourth-order valence-electron chi connectivity index (χ4n) is 4.68. The fourth-order valence-corrected chi connectivity index (χ4v) is 5.39. The molecule has 2 aromatic heterocycles. The van der Waals surface area contributed by atoms with Gasteiger partial charge in [-0.05, 0) is 61.7 Å². The van der Waals surface area contributed by atoms with Gasteiger partial charge in [-0.1, -0.05) is 38.1 Å². The summed E-state index contributed by atoms with van der Waals surface area (Å²) in [6.07, 6.45) is 3.15. The van der Waals surface area contributed by atoms with Gasteiger partial charge in [-0.2, -0.15) is 0 Å². The normalized spacial score (nSPS) is 13.4. The minimum Gasteiger partial charge on any atom is -0.476 e. The van der Waals surface area contributed by atoms with Gasteiger partial charge in [0.1, 0.15) is 11.6 Å². The predicted octanol–water partition coefficient (Wildman–Crippen LogP) is 4.74. The second-order valence-electron chi connectivity index (χ2n) is 9.60. The maximum atomic E-state index is 13.4. The molecule has 0 unspecified atom stereocenters. The monoisotopic (exact) mass is 612 g/mol. The number of hydrogen-bond donors (Lipinski definition) is 4. The molecular formula is C30H35FN5O6S. The topological polar surface area (TPSA) is 158 Å². The number of nitrogens with zero attached hydrogens (tertiary/aromatic N) is 4. The number of para-hydroxylation sites is 2. The number of likely N-dealkylation sites (tertiary alicyclic amines) is 1. The molecule has 2 aromatic carbocycles. The number of fused-ring (bicyclic) bond motifs is 1. The second kappa shape index (κ2) is 16.3. The van der Waals surface area contributed by atoms with Crippen LogP contribution in [0.5, 0.6) is 0 Å². The van der Waals surface area contributed by atoms with E-state index in [1.165, 1.54) is 23.5 Å². The number of rotatable bonds is 9. The maximum Gasteiger partial charge on any atom is 0.414 e. The van der Waals surface area contributed by atoms with Crippen molar-refractivity contribution in [3.05, 3.63) is 83.7 Å². The Morgan fingerprint density at radius 3 is 2.26 bits per heavy atom. The van der Waals surface area contributed by atoms with E-state index >= 15 is 0 Å². The Morgan fingerprint density at radius 2 is 1.65 bits per heavy atom. The van der Waals surface area contributed by atoms with Crippen LogP contribution in [0.4, 0.5) is 9.52 Å². The summed E-state index contributed by atoms with van der Waals surface area (Å²) in [6.45, 7) is 9.38. The number of carboxylic acid groups (broad SMARTS) is 3. The van der Waals surface area contributed by atoms with Gasteiger partial charge < -0.3 is 30.1 Å². The Hall–Kier alpha value is -4.36. The van der Waals surface area contributed by atoms with Crippen LogP contribution in [0.1, 0.15) is 41.6 Å². The number of hydrogen-bond acceptors (Lipinski definition) is 8. The highest BCUT2D eigenvalue weighted by Gasteiger charge is 2.22. The number of carbonyl (C=O) groups is 3. The van der Waals surface area contributed by atoms with Gasteiger partial charge in [0.05, 0.1) is 11.0 Å². The quantitative estimate of drug-likeness (QED) is 0.195. The summed E-state index contributed by atoms with van der Waals surface area (Å²) in [6, 6.07) is 14.9. The molecule has 1 aliphatic heterocycles. The third kappa shape index (κ3) is 9.86. The Balaban J connectivity index is 0.000000566. The van der Waals surface area contributed by atoms with Crippen molar-refractivity contribution in [2.45, 2.75) is 32.7 Å². The molecule has 1 saturated heterocycles. The molecule has 3 heterocycles. The largest absolute Gasteiger partial charge is 0.476 e. The molecule has 5 rings (SSSR count). The molecule has 43 heavy (non-hydrogen) atoms. The molecule has 0 bridgehead atoms. The van der Waals surface area contributed by atoms with Crippen molar-refractivity contribution in [1.29, 1.82) is 0 Å². The van der Waals surface area contributed by atoms with Gasteiger partial charge >= 0.3 is 17.9 Å². The van der Waals surface area contributed by atoms with Crippen molar-refractivity contribution in [2.75, 3.05) is 31.5 Å². The SMILES string of the molecule is O=C(O)C(=O)O.O=C(O)c1csc(NCCN2CCC(Cc3nc4ccccc4n3Cc3ccc(F)cc3)CC2)n1.[CH2]C. The van der Waals surface area contributed by atoms with Gasteiger partial charge in [-0.15, -0.1) is 11.3 Å². The summed E-state index contributed by atoms with van der Waals surface area (Å²) in [4.78, 5) is 40.6. The number of aliphatic carboxylic acids is 2. The van der Waals surface area contributed by atoms with Crippen molar-refractivity contribution in [3.8, 4) is 0 Å². The Labute approximate surface area is 252 Å². The van der Waals surface area contributed by atoms with Gasteiger partial charge in [0.2, 0.25) is 0 Å². The first-order valence-corrected chi connectivity index (χ1v) is 14.6. The van der Waals surface area contributed by atoms with Crippen molar-refractivity contribution >= 4 is 45.4 Å². The molecule has 0 aliphatic carbocycles. The number of anilines is 1. The third-order valence-electron chi connectivity index (χ3n) is 6.78. The summed E-state index contributed by atoms with van der Waals surface area (Å²) >= 11 is 1.32. The lowest BCUT2D eigenvalue weighted by atomic mass is 9.93. The first kappa shape index (κ1) is 33.1. The molecule has 0 atom stereocenters. The smallest absolute Gasteiger partial charge is 0.414 e. The average molecular weight is 613 g/mol. The molecule has 11 nitrogen and oxygen atoms in total. The zero-order chi connectivity index (χ0) is 31.4. The van der Waals surface area contributed by atoms with Crippen LogP contribution >= 0.6 is 11.3 Å². The number of carboxylic acids is 3. The van der Waals surface area contributed by atoms with Gasteiger partial charge in [-0.25, -0.2) is 28.7 Å². The average Bonchev–Trinajstić information content (AvgIpc) is 3.62. The highest BCUT2D eigenvalue weighted by molar-refractivity contribution is 7.13. The van der Waals surface area contributed by atoms with E-state index in [1.54, 1.807) is 12.3 Å². The van der Waals surface area contributed by atoms with Crippen LogP contribution in [0.2, 0.25) is 0 Å². The van der Waals surface area contributed by atoms with Gasteiger partial charge in [-0.3, -0.25) is 0 Å². The summed E-state index contributed by atoms with van der Waals surface area (Å²) in [5, 5.41) is 29.2. The number of thiazole rings is 1. The van der Waals surface area contributed by atoms with E-state index in [1.807, 2.05) is 24.3 Å². The first-order valence-electron chi connectivity index (χ1n) is 13.7. The summed E-state index contributed by atoms with van der Waals surface area (Å²) in [5.41, 5.74) is 3.27. The van der Waals surface area contributed by atoms with Gasteiger partial charge in [0.15, 0.2) is 10.8 Å². The van der Waals surface area contributed by atoms with Crippen molar-refractivity contribution < 1.29 is 34.1 Å². The molecule has 1 aliphatic rings. The van der Waals surface area contributed by atoms with Crippen LogP contribution in [-0.4, -0.2) is 78.8 Å². The lowest BCUT2D eigenvalue weighted by molar-refractivity contribution is -0.159. The maximum absolute atomic E-state index is 13.4. The molecule has 13 heteroatoms. The molecular weight excluding hydrogens is 577 g/mol. The van der Waals surface area contributed by atoms with Crippen LogP contribution in [0.3, 0.4) is 0 Å². The number of nitrogens with one attached hydrogen (secondary N) is 1. The van der Waals surface area contributed by atoms with E-state index in [2.05, 4.69) is 38.8 Å². The minimum atomic E-state index is -1.82. The summed E-state index contributed by atoms with van der Waals surface area (Å²) < 4.78 is 15.7. The molecule has 0 spiro atoms. The Kier molecular flexibility index (Phi) is 12.6. The number of imidazole rings is 1. The molecule has 1 radical (unpaired) electrons.